The minimum Gasteiger partial charge on any atom is -0.397 e. The van der Waals surface area contributed by atoms with E-state index in [0.717, 1.165) is 11.3 Å². The lowest BCUT2D eigenvalue weighted by Gasteiger charge is -2.02. The normalized spacial score (nSPS) is 11.3. The molecule has 0 unspecified atom stereocenters. The highest BCUT2D eigenvalue weighted by Gasteiger charge is 1.94. The molecule has 0 aliphatic rings. The van der Waals surface area contributed by atoms with E-state index in [0.29, 0.717) is 0 Å². The van der Waals surface area contributed by atoms with E-state index in [2.05, 4.69) is 24.4 Å². The number of rotatable bonds is 2. The van der Waals surface area contributed by atoms with Gasteiger partial charge in [-0.15, -0.1) is 0 Å². The zero-order chi connectivity index (χ0) is 8.97. The van der Waals surface area contributed by atoms with Crippen LogP contribution in [0.15, 0.2) is 30.5 Å². The van der Waals surface area contributed by atoms with Crippen LogP contribution in [0.4, 0.5) is 0 Å². The first-order valence-electron chi connectivity index (χ1n) is 3.94. The fraction of sp³-hybridized carbons (Fsp3) is 0.200. The number of nitrogens with two attached hydrogens (primary N) is 1. The molecule has 0 heterocycles. The minimum absolute atomic E-state index is 0.765. The van der Waals surface area contributed by atoms with Crippen LogP contribution in [0.2, 0.25) is 0 Å². The Kier molecular flexibility index (Phi) is 2.75. The molecule has 1 aromatic carbocycles. The van der Waals surface area contributed by atoms with Crippen molar-refractivity contribution in [3.8, 4) is 0 Å². The van der Waals surface area contributed by atoms with Crippen molar-refractivity contribution in [3.05, 3.63) is 41.6 Å². The summed E-state index contributed by atoms with van der Waals surface area (Å²) in [6.07, 6.45) is 1.79. The summed E-state index contributed by atoms with van der Waals surface area (Å²) in [5, 5.41) is 2.90. The van der Waals surface area contributed by atoms with Crippen LogP contribution < -0.4 is 11.1 Å². The first-order valence-corrected chi connectivity index (χ1v) is 3.94. The SMILES string of the molecule is CN/C=C(\N)c1cccc(C)c1. The third kappa shape index (κ3) is 2.02. The summed E-state index contributed by atoms with van der Waals surface area (Å²) >= 11 is 0. The quantitative estimate of drug-likeness (QED) is 0.691. The van der Waals surface area contributed by atoms with E-state index in [1.165, 1.54) is 5.56 Å². The Balaban J connectivity index is 2.95. The second kappa shape index (κ2) is 3.81. The average Bonchev–Trinajstić information content (AvgIpc) is 2.05. The standard InChI is InChI=1S/C10H14N2/c1-8-4-3-5-9(6-8)10(11)7-12-2/h3-7,12H,11H2,1-2H3/b10-7-. The fourth-order valence-electron chi connectivity index (χ4n) is 1.06. The summed E-state index contributed by atoms with van der Waals surface area (Å²) < 4.78 is 0. The number of nitrogens with one attached hydrogen (secondary N) is 1. The number of benzene rings is 1. The Hall–Kier alpha value is -1.44. The summed E-state index contributed by atoms with van der Waals surface area (Å²) in [4.78, 5) is 0. The number of hydrogen-bond donors (Lipinski definition) is 2. The molecule has 1 aromatic rings. The molecule has 0 fully saturated rings. The summed E-state index contributed by atoms with van der Waals surface area (Å²) in [7, 11) is 1.84. The maximum absolute atomic E-state index is 5.77. The van der Waals surface area contributed by atoms with Crippen molar-refractivity contribution in [2.45, 2.75) is 6.92 Å². The zero-order valence-electron chi connectivity index (χ0n) is 7.46. The molecule has 0 radical (unpaired) electrons. The van der Waals surface area contributed by atoms with E-state index >= 15 is 0 Å². The molecular formula is C10H14N2. The van der Waals surface area contributed by atoms with Gasteiger partial charge in [-0.2, -0.15) is 0 Å². The molecule has 1 rings (SSSR count). The Morgan fingerprint density at radius 1 is 1.50 bits per heavy atom. The maximum Gasteiger partial charge on any atom is 0.0547 e. The molecule has 3 N–H and O–H groups in total. The van der Waals surface area contributed by atoms with Gasteiger partial charge in [0.25, 0.3) is 0 Å². The van der Waals surface area contributed by atoms with Crippen molar-refractivity contribution < 1.29 is 0 Å². The van der Waals surface area contributed by atoms with Crippen molar-refractivity contribution in [3.63, 3.8) is 0 Å². The first kappa shape index (κ1) is 8.65. The van der Waals surface area contributed by atoms with Crippen molar-refractivity contribution in [1.29, 1.82) is 0 Å². The Morgan fingerprint density at radius 2 is 2.25 bits per heavy atom. The van der Waals surface area contributed by atoms with Gasteiger partial charge in [0.2, 0.25) is 0 Å². The molecular weight excluding hydrogens is 148 g/mol. The van der Waals surface area contributed by atoms with Gasteiger partial charge in [-0.1, -0.05) is 23.8 Å². The molecule has 0 saturated carbocycles. The van der Waals surface area contributed by atoms with Crippen LogP contribution in [0, 0.1) is 6.92 Å². The fourth-order valence-corrected chi connectivity index (χ4v) is 1.06. The highest BCUT2D eigenvalue weighted by atomic mass is 14.8. The van der Waals surface area contributed by atoms with Crippen LogP contribution in [0.5, 0.6) is 0 Å². The van der Waals surface area contributed by atoms with Crippen LogP contribution in [0.3, 0.4) is 0 Å². The molecule has 0 bridgehead atoms. The number of hydrogen-bond acceptors (Lipinski definition) is 2. The van der Waals surface area contributed by atoms with E-state index in [9.17, 15) is 0 Å². The zero-order valence-corrected chi connectivity index (χ0v) is 7.46. The van der Waals surface area contributed by atoms with Gasteiger partial charge in [-0.25, -0.2) is 0 Å². The third-order valence-corrected chi connectivity index (χ3v) is 1.65. The van der Waals surface area contributed by atoms with Crippen molar-refractivity contribution in [2.75, 3.05) is 7.05 Å². The molecule has 0 atom stereocenters. The topological polar surface area (TPSA) is 38.0 Å². The van der Waals surface area contributed by atoms with Crippen LogP contribution in [-0.4, -0.2) is 7.05 Å². The molecule has 64 valence electrons. The van der Waals surface area contributed by atoms with Crippen LogP contribution in [0.25, 0.3) is 5.70 Å². The van der Waals surface area contributed by atoms with Crippen molar-refractivity contribution in [1.82, 2.24) is 5.32 Å². The second-order valence-corrected chi connectivity index (χ2v) is 2.76. The molecule has 2 heteroatoms. The molecule has 2 nitrogen and oxygen atoms in total. The summed E-state index contributed by atoms with van der Waals surface area (Å²) in [5.41, 5.74) is 8.82. The maximum atomic E-state index is 5.77. The molecule has 0 aliphatic heterocycles. The largest absolute Gasteiger partial charge is 0.397 e. The van der Waals surface area contributed by atoms with Crippen LogP contribution in [0.1, 0.15) is 11.1 Å². The summed E-state index contributed by atoms with van der Waals surface area (Å²) in [6, 6.07) is 8.11. The Labute approximate surface area is 73.1 Å². The molecule has 0 aromatic heterocycles. The van der Waals surface area contributed by atoms with Crippen LogP contribution in [-0.2, 0) is 0 Å². The van der Waals surface area contributed by atoms with E-state index in [1.807, 2.05) is 19.2 Å². The monoisotopic (exact) mass is 162 g/mol. The van der Waals surface area contributed by atoms with E-state index in [4.69, 9.17) is 5.73 Å². The van der Waals surface area contributed by atoms with Gasteiger partial charge in [-0.3, -0.25) is 0 Å². The summed E-state index contributed by atoms with van der Waals surface area (Å²) in [5.74, 6) is 0. The van der Waals surface area contributed by atoms with E-state index in [1.54, 1.807) is 6.20 Å². The first-order chi connectivity index (χ1) is 5.74. The Morgan fingerprint density at radius 3 is 2.83 bits per heavy atom. The molecule has 12 heavy (non-hydrogen) atoms. The van der Waals surface area contributed by atoms with Gasteiger partial charge in [0.15, 0.2) is 0 Å². The van der Waals surface area contributed by atoms with Gasteiger partial charge in [0.05, 0.1) is 5.70 Å². The lowest BCUT2D eigenvalue weighted by molar-refractivity contribution is 1.10. The van der Waals surface area contributed by atoms with Crippen molar-refractivity contribution >= 4 is 5.70 Å². The van der Waals surface area contributed by atoms with Crippen LogP contribution >= 0.6 is 0 Å². The molecule has 0 saturated heterocycles. The van der Waals surface area contributed by atoms with Gasteiger partial charge in [0.1, 0.15) is 0 Å². The van der Waals surface area contributed by atoms with Gasteiger partial charge < -0.3 is 11.1 Å². The van der Waals surface area contributed by atoms with E-state index < -0.39 is 0 Å². The molecule has 0 aliphatic carbocycles. The van der Waals surface area contributed by atoms with Gasteiger partial charge in [0, 0.05) is 13.2 Å². The second-order valence-electron chi connectivity index (χ2n) is 2.76. The highest BCUT2D eigenvalue weighted by molar-refractivity contribution is 5.62. The van der Waals surface area contributed by atoms with E-state index in [-0.39, 0.29) is 0 Å². The molecule has 0 amide bonds. The minimum atomic E-state index is 0.765. The lowest BCUT2D eigenvalue weighted by Crippen LogP contribution is -2.03. The molecule has 0 spiro atoms. The average molecular weight is 162 g/mol. The van der Waals surface area contributed by atoms with Crippen molar-refractivity contribution in [2.24, 2.45) is 5.73 Å². The van der Waals surface area contributed by atoms with Gasteiger partial charge in [-0.05, 0) is 18.6 Å². The summed E-state index contributed by atoms with van der Waals surface area (Å²) in [6.45, 7) is 2.05. The lowest BCUT2D eigenvalue weighted by atomic mass is 10.1. The highest BCUT2D eigenvalue weighted by Crippen LogP contribution is 2.09. The predicted molar refractivity (Wildman–Crippen MR) is 52.4 cm³/mol. The smallest absolute Gasteiger partial charge is 0.0547 e. The third-order valence-electron chi connectivity index (χ3n) is 1.65. The predicted octanol–water partition coefficient (Wildman–Crippen LogP) is 1.47. The number of aryl methyl sites for hydroxylation is 1. The Bertz CT molecular complexity index is 290. The van der Waals surface area contributed by atoms with Gasteiger partial charge >= 0.3 is 0 Å².